The lowest BCUT2D eigenvalue weighted by atomic mass is 9.80. The molecule has 2 rings (SSSR count). The molecule has 0 aromatic carbocycles. The molecule has 0 heterocycles. The highest BCUT2D eigenvalue weighted by Crippen LogP contribution is 2.31. The maximum Gasteiger partial charge on any atom is 0.329 e. The Labute approximate surface area is 126 Å². The molecule has 2 fully saturated rings. The van der Waals surface area contributed by atoms with Gasteiger partial charge in [-0.3, -0.25) is 4.79 Å². The first-order valence-corrected chi connectivity index (χ1v) is 8.33. The zero-order valence-corrected chi connectivity index (χ0v) is 12.8. The van der Waals surface area contributed by atoms with Gasteiger partial charge in [0.25, 0.3) is 0 Å². The van der Waals surface area contributed by atoms with Gasteiger partial charge in [0.15, 0.2) is 0 Å². The van der Waals surface area contributed by atoms with Crippen molar-refractivity contribution in [2.24, 2.45) is 17.6 Å². The molecule has 4 N–H and O–H groups in total. The molecule has 21 heavy (non-hydrogen) atoms. The van der Waals surface area contributed by atoms with Crippen molar-refractivity contribution in [2.45, 2.75) is 69.7 Å². The second kappa shape index (κ2) is 7.25. The molecule has 0 unspecified atom stereocenters. The molecule has 1 amide bonds. The molecular formula is C16H28N2O3. The van der Waals surface area contributed by atoms with E-state index in [1.807, 2.05) is 0 Å². The highest BCUT2D eigenvalue weighted by molar-refractivity contribution is 5.88. The first-order chi connectivity index (χ1) is 10.1. The van der Waals surface area contributed by atoms with E-state index in [1.54, 1.807) is 0 Å². The Kier molecular flexibility index (Phi) is 5.62. The Hall–Kier alpha value is -1.10. The van der Waals surface area contributed by atoms with Gasteiger partial charge in [-0.05, 0) is 51.0 Å². The molecule has 0 spiro atoms. The van der Waals surface area contributed by atoms with Crippen LogP contribution in [0.3, 0.4) is 0 Å². The molecule has 0 aliphatic heterocycles. The molecule has 0 aromatic heterocycles. The van der Waals surface area contributed by atoms with Gasteiger partial charge < -0.3 is 16.2 Å². The average Bonchev–Trinajstić information content (AvgIpc) is 2.74. The number of nitrogens with two attached hydrogens (primary N) is 1. The van der Waals surface area contributed by atoms with E-state index in [9.17, 15) is 14.7 Å². The van der Waals surface area contributed by atoms with E-state index in [0.717, 1.165) is 51.4 Å². The van der Waals surface area contributed by atoms with Gasteiger partial charge >= 0.3 is 5.97 Å². The summed E-state index contributed by atoms with van der Waals surface area (Å²) in [7, 11) is 0. The van der Waals surface area contributed by atoms with Gasteiger partial charge in [-0.25, -0.2) is 4.79 Å². The topological polar surface area (TPSA) is 92.4 Å². The first-order valence-electron chi connectivity index (χ1n) is 8.33. The van der Waals surface area contributed by atoms with Crippen LogP contribution in [0.15, 0.2) is 0 Å². The van der Waals surface area contributed by atoms with E-state index < -0.39 is 11.5 Å². The Morgan fingerprint density at radius 1 is 1.05 bits per heavy atom. The van der Waals surface area contributed by atoms with Crippen molar-refractivity contribution in [1.29, 1.82) is 0 Å². The predicted octanol–water partition coefficient (Wildman–Crippen LogP) is 2.05. The first kappa shape index (κ1) is 16.3. The molecule has 0 radical (unpaired) electrons. The SMILES string of the molecule is NCC1CCC(C(=O)NC2(C(=O)O)CCCCCC2)CC1. The summed E-state index contributed by atoms with van der Waals surface area (Å²) in [4.78, 5) is 24.2. The second-order valence-electron chi connectivity index (χ2n) is 6.74. The zero-order chi connectivity index (χ0) is 15.3. The Morgan fingerprint density at radius 3 is 2.10 bits per heavy atom. The number of carboxylic acid groups (broad SMARTS) is 1. The monoisotopic (exact) mass is 296 g/mol. The number of hydrogen-bond donors (Lipinski definition) is 3. The lowest BCUT2D eigenvalue weighted by Gasteiger charge is -2.33. The van der Waals surface area contributed by atoms with Crippen LogP contribution in [0, 0.1) is 11.8 Å². The molecular weight excluding hydrogens is 268 g/mol. The minimum atomic E-state index is -1.03. The van der Waals surface area contributed by atoms with Crippen LogP contribution in [0.2, 0.25) is 0 Å². The van der Waals surface area contributed by atoms with Gasteiger partial charge in [-0.15, -0.1) is 0 Å². The molecule has 0 atom stereocenters. The normalized spacial score (nSPS) is 29.4. The highest BCUT2D eigenvalue weighted by Gasteiger charge is 2.41. The number of carbonyl (C=O) groups is 2. The number of rotatable bonds is 4. The minimum absolute atomic E-state index is 0.0349. The molecule has 5 heteroatoms. The van der Waals surface area contributed by atoms with Crippen LogP contribution < -0.4 is 11.1 Å². The van der Waals surface area contributed by atoms with Crippen LogP contribution in [0.25, 0.3) is 0 Å². The quantitative estimate of drug-likeness (QED) is 0.692. The summed E-state index contributed by atoms with van der Waals surface area (Å²) in [5.41, 5.74) is 4.64. The molecule has 2 aliphatic rings. The number of carbonyl (C=O) groups excluding carboxylic acids is 1. The largest absolute Gasteiger partial charge is 0.480 e. The molecule has 2 saturated carbocycles. The maximum absolute atomic E-state index is 12.5. The standard InChI is InChI=1S/C16H28N2O3/c17-11-12-5-7-13(8-6-12)14(19)18-16(15(20)21)9-3-1-2-4-10-16/h12-13H,1-11,17H2,(H,18,19)(H,20,21). The third-order valence-electron chi connectivity index (χ3n) is 5.28. The van der Waals surface area contributed by atoms with Crippen LogP contribution in [0.5, 0.6) is 0 Å². The Bertz CT molecular complexity index is 368. The fraction of sp³-hybridized carbons (Fsp3) is 0.875. The Balaban J connectivity index is 1.97. The van der Waals surface area contributed by atoms with Gasteiger partial charge in [0.1, 0.15) is 5.54 Å². The molecule has 0 aromatic rings. The van der Waals surface area contributed by atoms with Crippen molar-refractivity contribution in [1.82, 2.24) is 5.32 Å². The summed E-state index contributed by atoms with van der Waals surface area (Å²) in [5, 5.41) is 12.5. The van der Waals surface area contributed by atoms with E-state index >= 15 is 0 Å². The van der Waals surface area contributed by atoms with Crippen molar-refractivity contribution in [3.63, 3.8) is 0 Å². The predicted molar refractivity (Wildman–Crippen MR) is 80.7 cm³/mol. The van der Waals surface area contributed by atoms with E-state index in [2.05, 4.69) is 5.32 Å². The Morgan fingerprint density at radius 2 is 1.62 bits per heavy atom. The molecule has 120 valence electrons. The number of carboxylic acids is 1. The molecule has 2 aliphatic carbocycles. The lowest BCUT2D eigenvalue weighted by Crippen LogP contribution is -2.56. The van der Waals surface area contributed by atoms with Gasteiger partial charge in [0.05, 0.1) is 0 Å². The van der Waals surface area contributed by atoms with Crippen molar-refractivity contribution < 1.29 is 14.7 Å². The summed E-state index contributed by atoms with van der Waals surface area (Å²) in [6, 6.07) is 0. The van der Waals surface area contributed by atoms with Crippen LogP contribution in [0.4, 0.5) is 0 Å². The minimum Gasteiger partial charge on any atom is -0.480 e. The smallest absolute Gasteiger partial charge is 0.329 e. The molecule has 5 nitrogen and oxygen atoms in total. The van der Waals surface area contributed by atoms with Gasteiger partial charge in [-0.1, -0.05) is 25.7 Å². The van der Waals surface area contributed by atoms with Crippen molar-refractivity contribution >= 4 is 11.9 Å². The number of aliphatic carboxylic acids is 1. The number of amides is 1. The van der Waals surface area contributed by atoms with Crippen molar-refractivity contribution in [3.05, 3.63) is 0 Å². The average molecular weight is 296 g/mol. The number of hydrogen-bond acceptors (Lipinski definition) is 3. The van der Waals surface area contributed by atoms with Gasteiger partial charge in [0.2, 0.25) is 5.91 Å². The van der Waals surface area contributed by atoms with Gasteiger partial charge in [-0.2, -0.15) is 0 Å². The van der Waals surface area contributed by atoms with Crippen LogP contribution in [-0.2, 0) is 9.59 Å². The number of nitrogens with one attached hydrogen (secondary N) is 1. The fourth-order valence-electron chi connectivity index (χ4n) is 3.72. The summed E-state index contributed by atoms with van der Waals surface area (Å²) in [6.45, 7) is 0.688. The van der Waals surface area contributed by atoms with E-state index in [1.165, 1.54) is 0 Å². The highest BCUT2D eigenvalue weighted by atomic mass is 16.4. The van der Waals surface area contributed by atoms with Crippen molar-refractivity contribution in [2.75, 3.05) is 6.54 Å². The lowest BCUT2D eigenvalue weighted by molar-refractivity contribution is -0.149. The summed E-state index contributed by atoms with van der Waals surface area (Å²) in [6.07, 6.45) is 8.65. The zero-order valence-electron chi connectivity index (χ0n) is 12.8. The summed E-state index contributed by atoms with van der Waals surface area (Å²) in [5.74, 6) is -0.434. The molecule has 0 bridgehead atoms. The summed E-state index contributed by atoms with van der Waals surface area (Å²) >= 11 is 0. The van der Waals surface area contributed by atoms with Crippen molar-refractivity contribution in [3.8, 4) is 0 Å². The van der Waals surface area contributed by atoms with Crippen LogP contribution in [-0.4, -0.2) is 29.1 Å². The molecule has 0 saturated heterocycles. The fourth-order valence-corrected chi connectivity index (χ4v) is 3.72. The van der Waals surface area contributed by atoms with E-state index in [-0.39, 0.29) is 11.8 Å². The van der Waals surface area contributed by atoms with E-state index in [4.69, 9.17) is 5.73 Å². The van der Waals surface area contributed by atoms with Crippen LogP contribution >= 0.6 is 0 Å². The second-order valence-corrected chi connectivity index (χ2v) is 6.74. The van der Waals surface area contributed by atoms with Crippen LogP contribution in [0.1, 0.15) is 64.2 Å². The third kappa shape index (κ3) is 3.96. The maximum atomic E-state index is 12.5. The van der Waals surface area contributed by atoms with E-state index in [0.29, 0.717) is 25.3 Å². The third-order valence-corrected chi connectivity index (χ3v) is 5.28. The summed E-state index contributed by atoms with van der Waals surface area (Å²) < 4.78 is 0. The van der Waals surface area contributed by atoms with Gasteiger partial charge in [0, 0.05) is 5.92 Å².